The van der Waals surface area contributed by atoms with Crippen LogP contribution in [0.4, 0.5) is 10.6 Å². The van der Waals surface area contributed by atoms with Crippen molar-refractivity contribution in [1.29, 1.82) is 0 Å². The van der Waals surface area contributed by atoms with Crippen LogP contribution >= 0.6 is 0 Å². The minimum absolute atomic E-state index is 0.0258. The number of anilines is 1. The van der Waals surface area contributed by atoms with E-state index in [1.54, 1.807) is 0 Å². The summed E-state index contributed by atoms with van der Waals surface area (Å²) in [6.07, 6.45) is 1.39. The summed E-state index contributed by atoms with van der Waals surface area (Å²) in [5.74, 6) is 0.980. The monoisotopic (exact) mass is 375 g/mol. The SMILES string of the molecule is CC(C)CNC(=O)N1CCc2cc(C(=O)NC(C)C)c(N(C)C)nc2CC1. The predicted octanol–water partition coefficient (Wildman–Crippen LogP) is 2.05. The quantitative estimate of drug-likeness (QED) is 0.826. The summed E-state index contributed by atoms with van der Waals surface area (Å²) in [5.41, 5.74) is 2.61. The number of nitrogens with zero attached hydrogens (tertiary/aromatic N) is 3. The molecule has 0 saturated heterocycles. The van der Waals surface area contributed by atoms with Crippen LogP contribution in [0.1, 0.15) is 49.3 Å². The number of carbonyl (C=O) groups is 2. The lowest BCUT2D eigenvalue weighted by Crippen LogP contribution is -2.42. The van der Waals surface area contributed by atoms with Gasteiger partial charge in [-0.1, -0.05) is 13.8 Å². The standard InChI is InChI=1S/C20H33N5O2/c1-13(2)12-21-20(27)25-9-7-15-11-16(19(26)22-14(3)4)18(24(5)6)23-17(15)8-10-25/h11,13-14H,7-10,12H2,1-6H3,(H,21,27)(H,22,26). The molecule has 0 saturated carbocycles. The van der Waals surface area contributed by atoms with Crippen molar-refractivity contribution in [3.05, 3.63) is 22.9 Å². The number of amides is 3. The van der Waals surface area contributed by atoms with Crippen molar-refractivity contribution in [3.63, 3.8) is 0 Å². The molecular formula is C20H33N5O2. The lowest BCUT2D eigenvalue weighted by molar-refractivity contribution is 0.0943. The first-order chi connectivity index (χ1) is 12.7. The number of nitrogens with one attached hydrogen (secondary N) is 2. The van der Waals surface area contributed by atoms with Crippen LogP contribution in [0.2, 0.25) is 0 Å². The Kier molecular flexibility index (Phi) is 7.05. The van der Waals surface area contributed by atoms with Gasteiger partial charge in [0.05, 0.1) is 5.56 Å². The lowest BCUT2D eigenvalue weighted by Gasteiger charge is -2.21. The number of pyridine rings is 1. The topological polar surface area (TPSA) is 77.6 Å². The number of hydrogen-bond donors (Lipinski definition) is 2. The van der Waals surface area contributed by atoms with E-state index in [9.17, 15) is 9.59 Å². The average molecular weight is 376 g/mol. The minimum Gasteiger partial charge on any atom is -0.362 e. The number of rotatable bonds is 5. The van der Waals surface area contributed by atoms with Gasteiger partial charge in [0.15, 0.2) is 0 Å². The molecule has 0 atom stereocenters. The molecule has 1 aromatic rings. The predicted molar refractivity (Wildman–Crippen MR) is 108 cm³/mol. The average Bonchev–Trinajstić information content (AvgIpc) is 2.79. The number of urea groups is 1. The molecule has 2 heterocycles. The Labute approximate surface area is 162 Å². The van der Waals surface area contributed by atoms with Gasteiger partial charge < -0.3 is 20.4 Å². The summed E-state index contributed by atoms with van der Waals surface area (Å²) in [6.45, 7) is 9.98. The highest BCUT2D eigenvalue weighted by Crippen LogP contribution is 2.23. The van der Waals surface area contributed by atoms with E-state index in [2.05, 4.69) is 24.5 Å². The van der Waals surface area contributed by atoms with Crippen molar-refractivity contribution in [2.75, 3.05) is 38.6 Å². The number of hydrogen-bond acceptors (Lipinski definition) is 4. The van der Waals surface area contributed by atoms with E-state index in [1.165, 1.54) is 0 Å². The number of carbonyl (C=O) groups excluding carboxylic acids is 2. The number of fused-ring (bicyclic) bond motifs is 1. The smallest absolute Gasteiger partial charge is 0.317 e. The summed E-state index contributed by atoms with van der Waals surface area (Å²) in [7, 11) is 3.78. The second-order valence-corrected chi connectivity index (χ2v) is 8.05. The van der Waals surface area contributed by atoms with Crippen LogP contribution in [-0.2, 0) is 12.8 Å². The molecule has 1 aliphatic heterocycles. The van der Waals surface area contributed by atoms with Gasteiger partial charge in [0, 0.05) is 51.9 Å². The normalized spacial score (nSPS) is 14.0. The van der Waals surface area contributed by atoms with Gasteiger partial charge in [-0.2, -0.15) is 0 Å². The van der Waals surface area contributed by atoms with Crippen LogP contribution in [0.15, 0.2) is 6.07 Å². The zero-order valence-corrected chi connectivity index (χ0v) is 17.4. The summed E-state index contributed by atoms with van der Waals surface area (Å²) in [4.78, 5) is 33.5. The lowest BCUT2D eigenvalue weighted by atomic mass is 10.0. The van der Waals surface area contributed by atoms with Crippen LogP contribution < -0.4 is 15.5 Å². The molecule has 1 aliphatic rings. The van der Waals surface area contributed by atoms with Gasteiger partial charge in [-0.3, -0.25) is 4.79 Å². The van der Waals surface area contributed by atoms with Gasteiger partial charge in [0.25, 0.3) is 5.91 Å². The van der Waals surface area contributed by atoms with Gasteiger partial charge >= 0.3 is 6.03 Å². The third-order valence-electron chi connectivity index (χ3n) is 4.48. The largest absolute Gasteiger partial charge is 0.362 e. The molecule has 2 N–H and O–H groups in total. The van der Waals surface area contributed by atoms with Crippen LogP contribution in [0.25, 0.3) is 0 Å². The first kappa shape index (κ1) is 21.0. The van der Waals surface area contributed by atoms with E-state index in [0.29, 0.717) is 49.8 Å². The zero-order chi connectivity index (χ0) is 20.1. The van der Waals surface area contributed by atoms with Gasteiger partial charge in [0.1, 0.15) is 5.82 Å². The first-order valence-electron chi connectivity index (χ1n) is 9.72. The Morgan fingerprint density at radius 1 is 1.19 bits per heavy atom. The van der Waals surface area contributed by atoms with Crippen molar-refractivity contribution in [2.24, 2.45) is 5.92 Å². The molecule has 150 valence electrons. The molecular weight excluding hydrogens is 342 g/mol. The van der Waals surface area contributed by atoms with E-state index in [-0.39, 0.29) is 18.0 Å². The van der Waals surface area contributed by atoms with Gasteiger partial charge in [-0.05, 0) is 37.8 Å². The van der Waals surface area contributed by atoms with E-state index >= 15 is 0 Å². The van der Waals surface area contributed by atoms with Crippen molar-refractivity contribution >= 4 is 17.8 Å². The van der Waals surface area contributed by atoms with E-state index in [0.717, 1.165) is 11.3 Å². The van der Waals surface area contributed by atoms with Crippen LogP contribution in [-0.4, -0.2) is 61.6 Å². The third-order valence-corrected chi connectivity index (χ3v) is 4.48. The minimum atomic E-state index is -0.111. The Balaban J connectivity index is 2.22. The molecule has 7 heteroatoms. The van der Waals surface area contributed by atoms with Gasteiger partial charge in [-0.25, -0.2) is 9.78 Å². The highest BCUT2D eigenvalue weighted by atomic mass is 16.2. The van der Waals surface area contributed by atoms with Crippen molar-refractivity contribution in [1.82, 2.24) is 20.5 Å². The van der Waals surface area contributed by atoms with Crippen LogP contribution in [0.3, 0.4) is 0 Å². The van der Waals surface area contributed by atoms with Crippen molar-refractivity contribution in [3.8, 4) is 0 Å². The molecule has 3 amide bonds. The van der Waals surface area contributed by atoms with E-state index in [4.69, 9.17) is 4.98 Å². The second-order valence-electron chi connectivity index (χ2n) is 8.05. The molecule has 0 radical (unpaired) electrons. The molecule has 0 spiro atoms. The Morgan fingerprint density at radius 2 is 1.85 bits per heavy atom. The second kappa shape index (κ2) is 9.06. The Morgan fingerprint density at radius 3 is 2.44 bits per heavy atom. The molecule has 0 aromatic carbocycles. The summed E-state index contributed by atoms with van der Waals surface area (Å²) >= 11 is 0. The first-order valence-corrected chi connectivity index (χ1v) is 9.72. The summed E-state index contributed by atoms with van der Waals surface area (Å²) in [5, 5.41) is 5.93. The zero-order valence-electron chi connectivity index (χ0n) is 17.4. The van der Waals surface area contributed by atoms with E-state index < -0.39 is 0 Å². The fourth-order valence-electron chi connectivity index (χ4n) is 3.08. The maximum Gasteiger partial charge on any atom is 0.317 e. The molecule has 0 aliphatic carbocycles. The fourth-order valence-corrected chi connectivity index (χ4v) is 3.08. The fraction of sp³-hybridized carbons (Fsp3) is 0.650. The van der Waals surface area contributed by atoms with Gasteiger partial charge in [-0.15, -0.1) is 0 Å². The highest BCUT2D eigenvalue weighted by Gasteiger charge is 2.23. The van der Waals surface area contributed by atoms with Crippen LogP contribution in [0.5, 0.6) is 0 Å². The van der Waals surface area contributed by atoms with Crippen molar-refractivity contribution < 1.29 is 9.59 Å². The molecule has 0 bridgehead atoms. The van der Waals surface area contributed by atoms with E-state index in [1.807, 2.05) is 43.8 Å². The molecule has 0 fully saturated rings. The molecule has 7 nitrogen and oxygen atoms in total. The maximum atomic E-state index is 12.6. The molecule has 1 aromatic heterocycles. The highest BCUT2D eigenvalue weighted by molar-refractivity contribution is 5.99. The number of aromatic nitrogens is 1. The molecule has 27 heavy (non-hydrogen) atoms. The van der Waals surface area contributed by atoms with Crippen LogP contribution in [0, 0.1) is 5.92 Å². The summed E-state index contributed by atoms with van der Waals surface area (Å²) < 4.78 is 0. The Hall–Kier alpha value is -2.31. The maximum absolute atomic E-state index is 12.6. The molecule has 2 rings (SSSR count). The molecule has 0 unspecified atom stereocenters. The van der Waals surface area contributed by atoms with Gasteiger partial charge in [0.2, 0.25) is 0 Å². The van der Waals surface area contributed by atoms with Crippen molar-refractivity contribution in [2.45, 2.75) is 46.6 Å². The third kappa shape index (κ3) is 5.58. The Bertz CT molecular complexity index is 685. The summed E-state index contributed by atoms with van der Waals surface area (Å²) in [6, 6.07) is 1.99.